The molecule has 0 aliphatic heterocycles. The fourth-order valence-corrected chi connectivity index (χ4v) is 0.753. The minimum absolute atomic E-state index is 0.0143. The highest BCUT2D eigenvalue weighted by Crippen LogP contribution is 2.02. The molecule has 0 aliphatic rings. The number of rotatable bonds is 5. The summed E-state index contributed by atoms with van der Waals surface area (Å²) < 4.78 is 0. The lowest BCUT2D eigenvalue weighted by Crippen LogP contribution is -1.96. The van der Waals surface area contributed by atoms with E-state index in [1.165, 1.54) is 0 Å². The molecule has 4 nitrogen and oxygen atoms in total. The quantitative estimate of drug-likeness (QED) is 0.612. The average molecular weight is 172 g/mol. The number of hydrogen-bond acceptors (Lipinski definition) is 2. The molecule has 0 amide bonds. The zero-order valence-electron chi connectivity index (χ0n) is 6.91. The molecule has 0 aromatic carbocycles. The lowest BCUT2D eigenvalue weighted by molar-refractivity contribution is -0.137. The first-order valence-electron chi connectivity index (χ1n) is 3.61. The summed E-state index contributed by atoms with van der Waals surface area (Å²) in [6.45, 7) is 1.68. The highest BCUT2D eigenvalue weighted by molar-refractivity contribution is 5.70. The van der Waals surface area contributed by atoms with Gasteiger partial charge < -0.3 is 10.2 Å². The zero-order chi connectivity index (χ0) is 9.56. The molecule has 0 bridgehead atoms. The summed E-state index contributed by atoms with van der Waals surface area (Å²) in [4.78, 5) is 20.2. The van der Waals surface area contributed by atoms with Crippen molar-refractivity contribution in [3.05, 3.63) is 11.6 Å². The fraction of sp³-hybridized carbons (Fsp3) is 0.500. The van der Waals surface area contributed by atoms with Gasteiger partial charge in [-0.2, -0.15) is 0 Å². The van der Waals surface area contributed by atoms with Crippen LogP contribution in [0.2, 0.25) is 0 Å². The van der Waals surface area contributed by atoms with Gasteiger partial charge in [-0.15, -0.1) is 0 Å². The Morgan fingerprint density at radius 1 is 1.25 bits per heavy atom. The van der Waals surface area contributed by atoms with Gasteiger partial charge in [-0.05, 0) is 13.3 Å². The van der Waals surface area contributed by atoms with E-state index in [1.807, 2.05) is 0 Å². The number of aliphatic carboxylic acids is 2. The van der Waals surface area contributed by atoms with E-state index >= 15 is 0 Å². The van der Waals surface area contributed by atoms with E-state index in [0.717, 1.165) is 0 Å². The first-order valence-corrected chi connectivity index (χ1v) is 3.61. The molecule has 0 unspecified atom stereocenters. The predicted octanol–water partition coefficient (Wildman–Crippen LogP) is 1.27. The van der Waals surface area contributed by atoms with E-state index in [4.69, 9.17) is 10.2 Å². The predicted molar refractivity (Wildman–Crippen MR) is 42.9 cm³/mol. The monoisotopic (exact) mass is 172 g/mol. The van der Waals surface area contributed by atoms with Gasteiger partial charge in [0.1, 0.15) is 0 Å². The van der Waals surface area contributed by atoms with Crippen LogP contribution in [-0.2, 0) is 9.59 Å². The van der Waals surface area contributed by atoms with Crippen molar-refractivity contribution in [3.63, 3.8) is 0 Å². The summed E-state index contributed by atoms with van der Waals surface area (Å²) in [5.74, 6) is -1.76. The van der Waals surface area contributed by atoms with E-state index < -0.39 is 11.9 Å². The molecule has 0 rings (SSSR count). The van der Waals surface area contributed by atoms with Crippen LogP contribution in [-0.4, -0.2) is 22.2 Å². The Hall–Kier alpha value is -1.32. The maximum absolute atomic E-state index is 10.1. The Balaban J connectivity index is 3.69. The summed E-state index contributed by atoms with van der Waals surface area (Å²) in [6, 6.07) is 0. The summed E-state index contributed by atoms with van der Waals surface area (Å²) >= 11 is 0. The average Bonchev–Trinajstić information content (AvgIpc) is 1.84. The van der Waals surface area contributed by atoms with E-state index in [0.29, 0.717) is 12.0 Å². The Labute approximate surface area is 70.5 Å². The third-order valence-electron chi connectivity index (χ3n) is 1.28. The van der Waals surface area contributed by atoms with Crippen molar-refractivity contribution in [1.82, 2.24) is 0 Å². The third kappa shape index (κ3) is 6.80. The van der Waals surface area contributed by atoms with Gasteiger partial charge in [0.15, 0.2) is 0 Å². The summed E-state index contributed by atoms with van der Waals surface area (Å²) in [7, 11) is 0. The van der Waals surface area contributed by atoms with Gasteiger partial charge in [-0.1, -0.05) is 11.6 Å². The van der Waals surface area contributed by atoms with Crippen LogP contribution in [0.1, 0.15) is 26.2 Å². The molecule has 0 saturated carbocycles. The highest BCUT2D eigenvalue weighted by atomic mass is 16.4. The maximum Gasteiger partial charge on any atom is 0.307 e. The summed E-state index contributed by atoms with van der Waals surface area (Å²) in [5.41, 5.74) is 0.698. The van der Waals surface area contributed by atoms with Crippen LogP contribution >= 0.6 is 0 Å². The second kappa shape index (κ2) is 5.35. The molecule has 2 N–H and O–H groups in total. The van der Waals surface area contributed by atoms with Gasteiger partial charge in [0.25, 0.3) is 0 Å². The number of carboxylic acids is 2. The molecule has 0 aromatic rings. The number of allylic oxidation sites excluding steroid dienone is 1. The topological polar surface area (TPSA) is 74.6 Å². The minimum Gasteiger partial charge on any atom is -0.481 e. The van der Waals surface area contributed by atoms with Crippen LogP contribution < -0.4 is 0 Å². The number of carboxylic acid groups (broad SMARTS) is 2. The van der Waals surface area contributed by atoms with Crippen molar-refractivity contribution in [1.29, 1.82) is 0 Å². The Bertz CT molecular complexity index is 205. The summed E-state index contributed by atoms with van der Waals surface area (Å²) in [6.07, 6.45) is 2.08. The van der Waals surface area contributed by atoms with Gasteiger partial charge in [0.2, 0.25) is 0 Å². The maximum atomic E-state index is 10.1. The molecule has 68 valence electrons. The van der Waals surface area contributed by atoms with E-state index in [1.54, 1.807) is 13.0 Å². The number of hydrogen-bond donors (Lipinski definition) is 2. The molecule has 0 aliphatic carbocycles. The van der Waals surface area contributed by atoms with Crippen molar-refractivity contribution in [2.24, 2.45) is 0 Å². The molecule has 4 heteroatoms. The van der Waals surface area contributed by atoms with Gasteiger partial charge in [0, 0.05) is 6.42 Å². The standard InChI is InChI=1S/C8H12O4/c1-6(5-8(11)12)3-2-4-7(9)10/h3H,2,4-5H2,1H3,(H,9,10)(H,11,12)/b6-3-. The van der Waals surface area contributed by atoms with Crippen LogP contribution in [0, 0.1) is 0 Å². The number of carbonyl (C=O) groups is 2. The smallest absolute Gasteiger partial charge is 0.307 e. The van der Waals surface area contributed by atoms with Crippen molar-refractivity contribution < 1.29 is 19.8 Å². The SMILES string of the molecule is C/C(=C/CCC(=O)O)CC(=O)O. The summed E-state index contributed by atoms with van der Waals surface area (Å²) in [5, 5.41) is 16.6. The van der Waals surface area contributed by atoms with Crippen LogP contribution in [0.3, 0.4) is 0 Å². The Kier molecular flexibility index (Phi) is 4.76. The van der Waals surface area contributed by atoms with Crippen molar-refractivity contribution >= 4 is 11.9 Å². The molecular formula is C8H12O4. The fourth-order valence-electron chi connectivity index (χ4n) is 0.753. The van der Waals surface area contributed by atoms with Gasteiger partial charge in [-0.25, -0.2) is 0 Å². The normalized spacial score (nSPS) is 11.2. The molecule has 0 radical (unpaired) electrons. The van der Waals surface area contributed by atoms with Crippen molar-refractivity contribution in [2.45, 2.75) is 26.2 Å². The van der Waals surface area contributed by atoms with Gasteiger partial charge in [-0.3, -0.25) is 9.59 Å². The van der Waals surface area contributed by atoms with Crippen LogP contribution in [0.4, 0.5) is 0 Å². The second-order valence-electron chi connectivity index (χ2n) is 2.55. The van der Waals surface area contributed by atoms with Crippen molar-refractivity contribution in [2.75, 3.05) is 0 Å². The van der Waals surface area contributed by atoms with Crippen LogP contribution in [0.15, 0.2) is 11.6 Å². The molecule has 0 fully saturated rings. The zero-order valence-corrected chi connectivity index (χ0v) is 6.91. The van der Waals surface area contributed by atoms with Crippen LogP contribution in [0.25, 0.3) is 0 Å². The molecule has 0 atom stereocenters. The highest BCUT2D eigenvalue weighted by Gasteiger charge is 1.98. The van der Waals surface area contributed by atoms with Crippen LogP contribution in [0.5, 0.6) is 0 Å². The van der Waals surface area contributed by atoms with Gasteiger partial charge >= 0.3 is 11.9 Å². The minimum atomic E-state index is -0.890. The molecule has 12 heavy (non-hydrogen) atoms. The van der Waals surface area contributed by atoms with E-state index in [9.17, 15) is 9.59 Å². The van der Waals surface area contributed by atoms with E-state index in [2.05, 4.69) is 0 Å². The molecule has 0 heterocycles. The molecule has 0 spiro atoms. The first-order chi connectivity index (χ1) is 5.52. The second-order valence-corrected chi connectivity index (χ2v) is 2.55. The third-order valence-corrected chi connectivity index (χ3v) is 1.28. The Morgan fingerprint density at radius 3 is 2.25 bits per heavy atom. The lowest BCUT2D eigenvalue weighted by Gasteiger charge is -1.94. The molecule has 0 aromatic heterocycles. The molecular weight excluding hydrogens is 160 g/mol. The lowest BCUT2D eigenvalue weighted by atomic mass is 10.1. The van der Waals surface area contributed by atoms with E-state index in [-0.39, 0.29) is 12.8 Å². The van der Waals surface area contributed by atoms with Crippen molar-refractivity contribution in [3.8, 4) is 0 Å². The first kappa shape index (κ1) is 10.7. The largest absolute Gasteiger partial charge is 0.481 e. The van der Waals surface area contributed by atoms with Gasteiger partial charge in [0.05, 0.1) is 6.42 Å². The molecule has 0 saturated heterocycles. The Morgan fingerprint density at radius 2 is 1.83 bits per heavy atom.